The van der Waals surface area contributed by atoms with Gasteiger partial charge in [-0.25, -0.2) is 5.43 Å². The topological polar surface area (TPSA) is 85.7 Å². The zero-order valence-electron chi connectivity index (χ0n) is 16.8. The van der Waals surface area contributed by atoms with Gasteiger partial charge in [-0.1, -0.05) is 30.3 Å². The highest BCUT2D eigenvalue weighted by atomic mass is 19.4. The van der Waals surface area contributed by atoms with Gasteiger partial charge in [0.1, 0.15) is 5.75 Å². The van der Waals surface area contributed by atoms with Gasteiger partial charge in [0.25, 0.3) is 5.56 Å². The van der Waals surface area contributed by atoms with Crippen molar-refractivity contribution in [3.8, 4) is 5.75 Å². The summed E-state index contributed by atoms with van der Waals surface area (Å²) in [4.78, 5) is 28.2. The average molecular weight is 448 g/mol. The van der Waals surface area contributed by atoms with Crippen molar-refractivity contribution in [2.24, 2.45) is 0 Å². The number of morpholine rings is 1. The monoisotopic (exact) mass is 448 g/mol. The molecule has 3 aromatic rings. The fourth-order valence-corrected chi connectivity index (χ4v) is 3.41. The van der Waals surface area contributed by atoms with Crippen LogP contribution in [0.25, 0.3) is 10.8 Å². The molecule has 168 valence electrons. The van der Waals surface area contributed by atoms with Crippen LogP contribution < -0.4 is 20.6 Å². The Morgan fingerprint density at radius 2 is 1.72 bits per heavy atom. The maximum atomic E-state index is 12.8. The summed E-state index contributed by atoms with van der Waals surface area (Å²) in [5, 5.41) is 5.43. The number of nitrogens with one attached hydrogen (secondary N) is 1. The molecular weight excluding hydrogens is 429 g/mol. The molecule has 0 unspecified atom stereocenters. The second kappa shape index (κ2) is 8.87. The van der Waals surface area contributed by atoms with Crippen LogP contribution in [0, 0.1) is 0 Å². The summed E-state index contributed by atoms with van der Waals surface area (Å²) in [5.41, 5.74) is 2.43. The van der Waals surface area contributed by atoms with Crippen molar-refractivity contribution in [2.45, 2.75) is 12.8 Å². The Hall–Kier alpha value is -3.60. The summed E-state index contributed by atoms with van der Waals surface area (Å²) < 4.78 is 46.0. The first-order chi connectivity index (χ1) is 15.3. The SMILES string of the molecule is O=C(Cc1ccc(OC(F)(F)F)cc1)Nn1nc(N2CCOCC2)c2ccccc2c1=O. The minimum atomic E-state index is -4.79. The molecule has 1 amide bonds. The molecule has 8 nitrogen and oxygen atoms in total. The molecule has 1 aliphatic heterocycles. The lowest BCUT2D eigenvalue weighted by atomic mass is 10.1. The molecule has 4 rings (SSSR count). The maximum Gasteiger partial charge on any atom is 0.573 e. The van der Waals surface area contributed by atoms with E-state index in [4.69, 9.17) is 4.74 Å². The predicted octanol–water partition coefficient (Wildman–Crippen LogP) is 2.44. The van der Waals surface area contributed by atoms with Crippen LogP contribution in [0.3, 0.4) is 0 Å². The Morgan fingerprint density at radius 1 is 1.06 bits per heavy atom. The highest BCUT2D eigenvalue weighted by Crippen LogP contribution is 2.24. The average Bonchev–Trinajstić information content (AvgIpc) is 2.77. The molecule has 0 saturated carbocycles. The Balaban J connectivity index is 1.55. The number of amides is 1. The second-order valence-corrected chi connectivity index (χ2v) is 7.09. The van der Waals surface area contributed by atoms with Crippen LogP contribution in [0.5, 0.6) is 5.75 Å². The molecule has 2 aromatic carbocycles. The predicted molar refractivity (Wildman–Crippen MR) is 110 cm³/mol. The van der Waals surface area contributed by atoms with Crippen molar-refractivity contribution < 1.29 is 27.4 Å². The van der Waals surface area contributed by atoms with E-state index in [-0.39, 0.29) is 12.2 Å². The molecule has 1 aliphatic rings. The van der Waals surface area contributed by atoms with Crippen molar-refractivity contribution in [1.29, 1.82) is 0 Å². The van der Waals surface area contributed by atoms with Gasteiger partial charge in [-0.05, 0) is 23.8 Å². The van der Waals surface area contributed by atoms with Crippen LogP contribution in [-0.4, -0.2) is 48.5 Å². The number of anilines is 1. The molecule has 0 radical (unpaired) electrons. The van der Waals surface area contributed by atoms with E-state index in [1.54, 1.807) is 18.2 Å². The lowest BCUT2D eigenvalue weighted by molar-refractivity contribution is -0.274. The van der Waals surface area contributed by atoms with Gasteiger partial charge in [0.15, 0.2) is 5.82 Å². The normalized spacial score (nSPS) is 14.4. The first-order valence-electron chi connectivity index (χ1n) is 9.79. The Bertz CT molecular complexity index is 1170. The number of aromatic nitrogens is 2. The molecular formula is C21H19F3N4O4. The van der Waals surface area contributed by atoms with Crippen LogP contribution in [0.15, 0.2) is 53.3 Å². The van der Waals surface area contributed by atoms with E-state index in [9.17, 15) is 22.8 Å². The zero-order chi connectivity index (χ0) is 22.7. The van der Waals surface area contributed by atoms with Gasteiger partial charge in [0, 0.05) is 18.5 Å². The summed E-state index contributed by atoms with van der Waals surface area (Å²) in [6.45, 7) is 2.23. The smallest absolute Gasteiger partial charge is 0.406 e. The van der Waals surface area contributed by atoms with Crippen molar-refractivity contribution in [3.05, 3.63) is 64.4 Å². The number of rotatable bonds is 5. The summed E-state index contributed by atoms with van der Waals surface area (Å²) in [7, 11) is 0. The van der Waals surface area contributed by atoms with E-state index in [0.29, 0.717) is 48.5 Å². The molecule has 1 fully saturated rings. The van der Waals surface area contributed by atoms with Crippen molar-refractivity contribution in [3.63, 3.8) is 0 Å². The van der Waals surface area contributed by atoms with Gasteiger partial charge in [-0.2, -0.15) is 0 Å². The first-order valence-corrected chi connectivity index (χ1v) is 9.79. The minimum absolute atomic E-state index is 0.167. The van der Waals surface area contributed by atoms with Crippen LogP contribution in [-0.2, 0) is 16.0 Å². The number of nitrogens with zero attached hydrogens (tertiary/aromatic N) is 3. The van der Waals surface area contributed by atoms with Gasteiger partial charge in [-0.15, -0.1) is 23.1 Å². The molecule has 0 bridgehead atoms. The lowest BCUT2D eigenvalue weighted by Gasteiger charge is -2.29. The molecule has 1 saturated heterocycles. The van der Waals surface area contributed by atoms with Crippen molar-refractivity contribution in [2.75, 3.05) is 36.6 Å². The molecule has 0 aliphatic carbocycles. The molecule has 0 spiro atoms. The van der Waals surface area contributed by atoms with Crippen molar-refractivity contribution >= 4 is 22.5 Å². The van der Waals surface area contributed by atoms with E-state index in [1.807, 2.05) is 11.0 Å². The molecule has 2 heterocycles. The van der Waals surface area contributed by atoms with E-state index >= 15 is 0 Å². The highest BCUT2D eigenvalue weighted by molar-refractivity contribution is 5.92. The quantitative estimate of drug-likeness (QED) is 0.646. The maximum absolute atomic E-state index is 12.8. The number of hydrogen-bond acceptors (Lipinski definition) is 6. The van der Waals surface area contributed by atoms with E-state index in [0.717, 1.165) is 16.9 Å². The Morgan fingerprint density at radius 3 is 2.38 bits per heavy atom. The molecule has 1 N–H and O–H groups in total. The Kier molecular flexibility index (Phi) is 5.99. The summed E-state index contributed by atoms with van der Waals surface area (Å²) in [5.74, 6) is -0.381. The summed E-state index contributed by atoms with van der Waals surface area (Å²) in [6.07, 6.45) is -4.96. The van der Waals surface area contributed by atoms with Crippen molar-refractivity contribution in [1.82, 2.24) is 9.89 Å². The van der Waals surface area contributed by atoms with Crippen LogP contribution in [0.4, 0.5) is 19.0 Å². The third-order valence-electron chi connectivity index (χ3n) is 4.85. The van der Waals surface area contributed by atoms with E-state index in [1.165, 1.54) is 12.1 Å². The lowest BCUT2D eigenvalue weighted by Crippen LogP contribution is -2.41. The molecule has 1 aromatic heterocycles. The second-order valence-electron chi connectivity index (χ2n) is 7.09. The fraction of sp³-hybridized carbons (Fsp3) is 0.286. The number of fused-ring (bicyclic) bond motifs is 1. The minimum Gasteiger partial charge on any atom is -0.406 e. The number of alkyl halides is 3. The molecule has 11 heteroatoms. The van der Waals surface area contributed by atoms with Gasteiger partial charge in [0.05, 0.1) is 25.0 Å². The number of ether oxygens (including phenoxy) is 2. The largest absolute Gasteiger partial charge is 0.573 e. The standard InChI is InChI=1S/C21H19F3N4O4/c22-21(23,24)32-15-7-5-14(6-8-15)13-18(29)25-28-20(30)17-4-2-1-3-16(17)19(26-28)27-9-11-31-12-10-27/h1-8H,9-13H2,(H,25,29). The van der Waals surface area contributed by atoms with Crippen LogP contribution in [0.1, 0.15) is 5.56 Å². The molecule has 32 heavy (non-hydrogen) atoms. The fourth-order valence-electron chi connectivity index (χ4n) is 3.41. The van der Waals surface area contributed by atoms with E-state index < -0.39 is 17.8 Å². The highest BCUT2D eigenvalue weighted by Gasteiger charge is 2.31. The molecule has 0 atom stereocenters. The number of halogens is 3. The van der Waals surface area contributed by atoms with Crippen LogP contribution >= 0.6 is 0 Å². The van der Waals surface area contributed by atoms with E-state index in [2.05, 4.69) is 15.3 Å². The van der Waals surface area contributed by atoms with Gasteiger partial charge >= 0.3 is 6.36 Å². The summed E-state index contributed by atoms with van der Waals surface area (Å²) in [6, 6.07) is 11.9. The number of carbonyl (C=O) groups is 1. The van der Waals surface area contributed by atoms with Gasteiger partial charge < -0.3 is 14.4 Å². The van der Waals surface area contributed by atoms with Crippen LogP contribution in [0.2, 0.25) is 0 Å². The zero-order valence-corrected chi connectivity index (χ0v) is 16.8. The summed E-state index contributed by atoms with van der Waals surface area (Å²) >= 11 is 0. The third-order valence-corrected chi connectivity index (χ3v) is 4.85. The number of carbonyl (C=O) groups excluding carboxylic acids is 1. The first kappa shape index (κ1) is 21.6. The van der Waals surface area contributed by atoms with Gasteiger partial charge in [-0.3, -0.25) is 9.59 Å². The van der Waals surface area contributed by atoms with Gasteiger partial charge in [0.2, 0.25) is 5.91 Å². The number of hydrogen-bond donors (Lipinski definition) is 1. The Labute approximate surface area is 180 Å². The number of benzene rings is 2. The third kappa shape index (κ3) is 4.99.